The molecule has 0 radical (unpaired) electrons. The zero-order chi connectivity index (χ0) is 9.61. The van der Waals surface area contributed by atoms with Crippen molar-refractivity contribution in [2.45, 2.75) is 46.1 Å². The molecule has 0 bridgehead atoms. The lowest BCUT2D eigenvalue weighted by Crippen LogP contribution is -2.38. The molecule has 0 heterocycles. The van der Waals surface area contributed by atoms with E-state index in [0.29, 0.717) is 0 Å². The lowest BCUT2D eigenvalue weighted by molar-refractivity contribution is 0.253. The molecule has 0 aromatic rings. The molecule has 0 spiro atoms. The largest absolute Gasteiger partial charge is 0.342 e. The zero-order valence-corrected chi connectivity index (χ0v) is 9.25. The Balaban J connectivity index is 3.47. The van der Waals surface area contributed by atoms with E-state index in [0.717, 1.165) is 18.6 Å². The van der Waals surface area contributed by atoms with Crippen LogP contribution in [0.2, 0.25) is 0 Å². The number of hydrogen-bond acceptors (Lipinski definition) is 2. The number of carbonyl (C=O) groups excluding carboxylic acids is 1. The molecule has 0 aliphatic rings. The fraction of sp³-hybridized carbons (Fsp3) is 0.889. The van der Waals surface area contributed by atoms with Gasteiger partial charge in [-0.15, -0.1) is 0 Å². The Morgan fingerprint density at radius 2 is 2.00 bits per heavy atom. The third kappa shape index (κ3) is 7.92. The second-order valence-electron chi connectivity index (χ2n) is 3.86. The Morgan fingerprint density at radius 3 is 2.42 bits per heavy atom. The predicted molar refractivity (Wildman–Crippen MR) is 55.7 cm³/mol. The van der Waals surface area contributed by atoms with Crippen LogP contribution in [-0.4, -0.2) is 16.5 Å². The minimum atomic E-state index is -0.101. The van der Waals surface area contributed by atoms with Crippen molar-refractivity contribution in [2.24, 2.45) is 0 Å². The van der Waals surface area contributed by atoms with Crippen molar-refractivity contribution in [3.8, 4) is 0 Å². The Morgan fingerprint density at radius 1 is 1.42 bits per heavy atom. The molecule has 0 saturated heterocycles. The normalized spacial score (nSPS) is 11.3. The molecule has 0 aromatic carbocycles. The van der Waals surface area contributed by atoms with Gasteiger partial charge in [-0.3, -0.25) is 4.79 Å². The van der Waals surface area contributed by atoms with E-state index in [1.165, 1.54) is 11.8 Å². The molecule has 0 aliphatic heterocycles. The van der Waals surface area contributed by atoms with Crippen LogP contribution >= 0.6 is 11.8 Å². The highest BCUT2D eigenvalue weighted by Crippen LogP contribution is 2.08. The van der Waals surface area contributed by atoms with E-state index in [-0.39, 0.29) is 10.8 Å². The van der Waals surface area contributed by atoms with Gasteiger partial charge in [-0.2, -0.15) is 0 Å². The summed E-state index contributed by atoms with van der Waals surface area (Å²) in [7, 11) is 0. The maximum Gasteiger partial charge on any atom is 0.279 e. The third-order valence-electron chi connectivity index (χ3n) is 1.21. The maximum atomic E-state index is 11.2. The van der Waals surface area contributed by atoms with E-state index >= 15 is 0 Å². The fourth-order valence-corrected chi connectivity index (χ4v) is 1.65. The monoisotopic (exact) mass is 189 g/mol. The van der Waals surface area contributed by atoms with Crippen LogP contribution in [0.25, 0.3) is 0 Å². The lowest BCUT2D eigenvalue weighted by Gasteiger charge is -2.19. The highest BCUT2D eigenvalue weighted by molar-refractivity contribution is 8.13. The number of hydrogen-bond donors (Lipinski definition) is 1. The van der Waals surface area contributed by atoms with E-state index in [1.807, 2.05) is 20.8 Å². The first-order valence-corrected chi connectivity index (χ1v) is 5.39. The molecule has 1 N–H and O–H groups in total. The minimum Gasteiger partial charge on any atom is -0.342 e. The molecule has 0 aromatic heterocycles. The van der Waals surface area contributed by atoms with Crippen molar-refractivity contribution in [2.75, 3.05) is 5.75 Å². The summed E-state index contributed by atoms with van der Waals surface area (Å²) in [6, 6.07) is 0. The first kappa shape index (κ1) is 11.8. The maximum absolute atomic E-state index is 11.2. The summed E-state index contributed by atoms with van der Waals surface area (Å²) in [4.78, 5) is 11.2. The standard InChI is InChI=1S/C9H19NOS/c1-5-6-7-12-8(11)10-9(2,3)4/h5-7H2,1-4H3,(H,10,11). The summed E-state index contributed by atoms with van der Waals surface area (Å²) in [5.74, 6) is 0.929. The van der Waals surface area contributed by atoms with Crippen LogP contribution in [0.3, 0.4) is 0 Å². The van der Waals surface area contributed by atoms with Crippen molar-refractivity contribution in [1.29, 1.82) is 0 Å². The highest BCUT2D eigenvalue weighted by Gasteiger charge is 2.13. The number of unbranched alkanes of at least 4 members (excludes halogenated alkanes) is 1. The number of amides is 1. The SMILES string of the molecule is CCCCSC(=O)NC(C)(C)C. The minimum absolute atomic E-state index is 0.0935. The number of carbonyl (C=O) groups is 1. The van der Waals surface area contributed by atoms with Crippen LogP contribution in [0.1, 0.15) is 40.5 Å². The number of nitrogens with one attached hydrogen (secondary N) is 1. The van der Waals surface area contributed by atoms with Crippen LogP contribution in [-0.2, 0) is 0 Å². The summed E-state index contributed by atoms with van der Waals surface area (Å²) in [6.07, 6.45) is 2.26. The molecule has 0 rings (SSSR count). The quantitative estimate of drug-likeness (QED) is 0.691. The average molecular weight is 189 g/mol. The molecule has 0 aliphatic carbocycles. The van der Waals surface area contributed by atoms with Gasteiger partial charge in [0.25, 0.3) is 5.24 Å². The van der Waals surface area contributed by atoms with Crippen molar-refractivity contribution in [1.82, 2.24) is 5.32 Å². The van der Waals surface area contributed by atoms with E-state index in [9.17, 15) is 4.79 Å². The smallest absolute Gasteiger partial charge is 0.279 e. The molecule has 0 saturated carbocycles. The van der Waals surface area contributed by atoms with Gasteiger partial charge in [0.1, 0.15) is 0 Å². The Labute approximate surface area is 79.5 Å². The van der Waals surface area contributed by atoms with Crippen LogP contribution in [0.5, 0.6) is 0 Å². The highest BCUT2D eigenvalue weighted by atomic mass is 32.2. The van der Waals surface area contributed by atoms with Gasteiger partial charge in [-0.05, 0) is 27.2 Å². The van der Waals surface area contributed by atoms with Gasteiger partial charge in [0.2, 0.25) is 0 Å². The molecule has 0 fully saturated rings. The molecular weight excluding hydrogens is 170 g/mol. The summed E-state index contributed by atoms with van der Waals surface area (Å²) >= 11 is 1.38. The van der Waals surface area contributed by atoms with Gasteiger partial charge in [0.05, 0.1) is 0 Å². The second kappa shape index (κ2) is 5.46. The Kier molecular flexibility index (Phi) is 5.38. The topological polar surface area (TPSA) is 29.1 Å². The van der Waals surface area contributed by atoms with Crippen molar-refractivity contribution in [3.63, 3.8) is 0 Å². The van der Waals surface area contributed by atoms with Crippen LogP contribution in [0.4, 0.5) is 4.79 Å². The fourth-order valence-electron chi connectivity index (χ4n) is 0.651. The third-order valence-corrected chi connectivity index (χ3v) is 2.07. The molecule has 72 valence electrons. The zero-order valence-electron chi connectivity index (χ0n) is 8.44. The van der Waals surface area contributed by atoms with Crippen molar-refractivity contribution < 1.29 is 4.79 Å². The molecule has 12 heavy (non-hydrogen) atoms. The molecule has 0 unspecified atom stereocenters. The van der Waals surface area contributed by atoms with Gasteiger partial charge in [0.15, 0.2) is 0 Å². The van der Waals surface area contributed by atoms with Crippen molar-refractivity contribution in [3.05, 3.63) is 0 Å². The molecule has 3 heteroatoms. The van der Waals surface area contributed by atoms with Gasteiger partial charge in [-0.1, -0.05) is 25.1 Å². The van der Waals surface area contributed by atoms with Gasteiger partial charge in [-0.25, -0.2) is 0 Å². The van der Waals surface area contributed by atoms with Crippen LogP contribution in [0.15, 0.2) is 0 Å². The van der Waals surface area contributed by atoms with E-state index < -0.39 is 0 Å². The first-order valence-electron chi connectivity index (χ1n) is 4.40. The van der Waals surface area contributed by atoms with Gasteiger partial charge >= 0.3 is 0 Å². The summed E-state index contributed by atoms with van der Waals surface area (Å²) in [5.41, 5.74) is -0.101. The van der Waals surface area contributed by atoms with E-state index in [4.69, 9.17) is 0 Å². The van der Waals surface area contributed by atoms with Crippen LogP contribution < -0.4 is 5.32 Å². The lowest BCUT2D eigenvalue weighted by atomic mass is 10.1. The summed E-state index contributed by atoms with van der Waals surface area (Å²) in [5, 5.41) is 3.00. The Bertz CT molecular complexity index is 140. The second-order valence-corrected chi connectivity index (χ2v) is 4.93. The van der Waals surface area contributed by atoms with Crippen molar-refractivity contribution >= 4 is 17.0 Å². The number of thioether (sulfide) groups is 1. The summed E-state index contributed by atoms with van der Waals surface area (Å²) in [6.45, 7) is 8.10. The average Bonchev–Trinajstić information content (AvgIpc) is 1.84. The molecule has 0 atom stereocenters. The van der Waals surface area contributed by atoms with Crippen LogP contribution in [0, 0.1) is 0 Å². The van der Waals surface area contributed by atoms with E-state index in [1.54, 1.807) is 0 Å². The predicted octanol–water partition coefficient (Wildman–Crippen LogP) is 3.03. The number of rotatable bonds is 3. The first-order chi connectivity index (χ1) is 5.45. The summed E-state index contributed by atoms with van der Waals surface area (Å²) < 4.78 is 0. The molecular formula is C9H19NOS. The molecule has 1 amide bonds. The Hall–Kier alpha value is -0.180. The van der Waals surface area contributed by atoms with Gasteiger partial charge < -0.3 is 5.32 Å². The van der Waals surface area contributed by atoms with Gasteiger partial charge in [0, 0.05) is 11.3 Å². The molecule has 2 nitrogen and oxygen atoms in total. The van der Waals surface area contributed by atoms with E-state index in [2.05, 4.69) is 12.2 Å².